The van der Waals surface area contributed by atoms with Crippen LogP contribution >= 0.6 is 0 Å². The Morgan fingerprint density at radius 1 is 0.500 bits per heavy atom. The summed E-state index contributed by atoms with van der Waals surface area (Å²) in [5.74, 6) is 3.65. The Balaban J connectivity index is 1.48. The smallest absolute Gasteiger partial charge is 0.266 e. The molecule has 7 aromatic rings. The highest BCUT2D eigenvalue weighted by Crippen LogP contribution is 2.51. The van der Waals surface area contributed by atoms with Crippen LogP contribution < -0.4 is 30.8 Å². The molecule has 0 aromatic heterocycles. The lowest BCUT2D eigenvalue weighted by atomic mass is 9.33. The molecule has 0 N–H and O–H groups in total. The van der Waals surface area contributed by atoms with Crippen molar-refractivity contribution in [1.82, 2.24) is 0 Å². The van der Waals surface area contributed by atoms with Gasteiger partial charge in [0, 0.05) is 33.0 Å². The van der Waals surface area contributed by atoms with Gasteiger partial charge in [-0.05, 0) is 69.5 Å². The summed E-state index contributed by atoms with van der Waals surface area (Å²) in [5, 5.41) is 7.48. The van der Waals surface area contributed by atoms with Gasteiger partial charge in [0.2, 0.25) is 0 Å². The minimum Gasteiger partial charge on any atom is -0.458 e. The lowest BCUT2D eigenvalue weighted by Gasteiger charge is -2.43. The highest BCUT2D eigenvalue weighted by atomic mass is 16.5. The number of para-hydroxylation sites is 1. The molecule has 4 heteroatoms. The third kappa shape index (κ3) is 2.12. The second kappa shape index (κ2) is 6.48. The van der Waals surface area contributed by atoms with Gasteiger partial charge in [0.1, 0.15) is 23.0 Å². The zero-order valence-electron chi connectivity index (χ0n) is 20.2. The first-order valence-corrected chi connectivity index (χ1v) is 13.1. The maximum atomic E-state index is 6.88. The third-order valence-electron chi connectivity index (χ3n) is 8.62. The van der Waals surface area contributed by atoms with E-state index in [0.29, 0.717) is 0 Å². The summed E-state index contributed by atoms with van der Waals surface area (Å²) in [6.45, 7) is 0.0433. The second-order valence-electron chi connectivity index (χ2n) is 10.4. The van der Waals surface area contributed by atoms with Crippen molar-refractivity contribution in [2.24, 2.45) is 0 Å². The van der Waals surface area contributed by atoms with Crippen LogP contribution in [0, 0.1) is 0 Å². The molecule has 0 bridgehead atoms. The molecule has 0 radical (unpaired) electrons. The molecule has 174 valence electrons. The molecule has 0 fully saturated rings. The SMILES string of the molecule is c1ccc(N2c3cccc4c3B3c5c(cccc5Oc5c3c2c2ccc3cccc6ccc5c2c63)O4)cc1. The van der Waals surface area contributed by atoms with Crippen LogP contribution in [0.2, 0.25) is 0 Å². The summed E-state index contributed by atoms with van der Waals surface area (Å²) in [7, 11) is 0. The number of hydrogen-bond acceptors (Lipinski definition) is 3. The van der Waals surface area contributed by atoms with Gasteiger partial charge < -0.3 is 14.4 Å². The minimum atomic E-state index is 0.0433. The monoisotopic (exact) mass is 483 g/mol. The van der Waals surface area contributed by atoms with Crippen LogP contribution in [0.15, 0.2) is 109 Å². The molecule has 7 aromatic carbocycles. The minimum absolute atomic E-state index is 0.0433. The maximum Gasteiger partial charge on any atom is 0.266 e. The Bertz CT molecular complexity index is 2140. The quantitative estimate of drug-likeness (QED) is 0.184. The van der Waals surface area contributed by atoms with E-state index in [1.807, 2.05) is 6.07 Å². The van der Waals surface area contributed by atoms with Crippen LogP contribution in [0.4, 0.5) is 17.1 Å². The highest BCUT2D eigenvalue weighted by Gasteiger charge is 2.48. The van der Waals surface area contributed by atoms with Gasteiger partial charge in [-0.25, -0.2) is 0 Å². The molecular weight excluding hydrogens is 465 g/mol. The lowest BCUT2D eigenvalue weighted by Crippen LogP contribution is -2.61. The van der Waals surface area contributed by atoms with Crippen molar-refractivity contribution in [1.29, 1.82) is 0 Å². The van der Waals surface area contributed by atoms with Crippen LogP contribution in [-0.2, 0) is 0 Å². The van der Waals surface area contributed by atoms with E-state index >= 15 is 0 Å². The van der Waals surface area contributed by atoms with Gasteiger partial charge in [-0.15, -0.1) is 0 Å². The normalized spacial score (nSPS) is 14.1. The van der Waals surface area contributed by atoms with Crippen molar-refractivity contribution in [2.75, 3.05) is 4.90 Å². The van der Waals surface area contributed by atoms with Crippen LogP contribution in [0.5, 0.6) is 23.0 Å². The van der Waals surface area contributed by atoms with Gasteiger partial charge >= 0.3 is 0 Å². The molecule has 3 nitrogen and oxygen atoms in total. The summed E-state index contributed by atoms with van der Waals surface area (Å²) in [6.07, 6.45) is 0. The lowest BCUT2D eigenvalue weighted by molar-refractivity contribution is 0.467. The van der Waals surface area contributed by atoms with Gasteiger partial charge in [0.15, 0.2) is 0 Å². The number of ether oxygens (including phenoxy) is 2. The van der Waals surface area contributed by atoms with Gasteiger partial charge in [0.25, 0.3) is 6.71 Å². The highest BCUT2D eigenvalue weighted by molar-refractivity contribution is 7.01. The van der Waals surface area contributed by atoms with Crippen LogP contribution in [-0.4, -0.2) is 6.71 Å². The average molecular weight is 483 g/mol. The molecular formula is C34H18BNO2. The standard InChI is InChI=1S/C34H18BNO2/c1-2-9-21(10-3-1)36-24-11-5-12-25-30(24)35-31-26(37-25)13-6-14-27(31)38-34-23-18-16-20-8-4-7-19-15-17-22(29(23)28(19)20)33(36)32(34)35/h1-18H. The van der Waals surface area contributed by atoms with Gasteiger partial charge in [-0.2, -0.15) is 0 Å². The zero-order valence-corrected chi connectivity index (χ0v) is 20.2. The Kier molecular flexibility index (Phi) is 3.27. The molecule has 3 aliphatic rings. The fourth-order valence-corrected chi connectivity index (χ4v) is 7.21. The van der Waals surface area contributed by atoms with E-state index in [-0.39, 0.29) is 6.71 Å². The summed E-state index contributed by atoms with van der Waals surface area (Å²) in [5.41, 5.74) is 7.05. The van der Waals surface area contributed by atoms with E-state index in [0.717, 1.165) is 39.8 Å². The van der Waals surface area contributed by atoms with E-state index in [2.05, 4.69) is 108 Å². The molecule has 0 saturated heterocycles. The molecule has 0 unspecified atom stereocenters. The van der Waals surface area contributed by atoms with Crippen LogP contribution in [0.25, 0.3) is 32.3 Å². The van der Waals surface area contributed by atoms with E-state index in [9.17, 15) is 0 Å². The summed E-state index contributed by atoms with van der Waals surface area (Å²) in [4.78, 5) is 2.42. The molecule has 38 heavy (non-hydrogen) atoms. The molecule has 0 amide bonds. The fraction of sp³-hybridized carbons (Fsp3) is 0. The average Bonchev–Trinajstić information content (AvgIpc) is 2.97. The summed E-state index contributed by atoms with van der Waals surface area (Å²) < 4.78 is 13.4. The first kappa shape index (κ1) is 19.2. The number of anilines is 3. The molecule has 0 atom stereocenters. The third-order valence-corrected chi connectivity index (χ3v) is 8.62. The molecule has 3 heterocycles. The fourth-order valence-electron chi connectivity index (χ4n) is 7.21. The van der Waals surface area contributed by atoms with Crippen molar-refractivity contribution in [3.63, 3.8) is 0 Å². The summed E-state index contributed by atoms with van der Waals surface area (Å²) >= 11 is 0. The zero-order chi connectivity index (χ0) is 24.5. The predicted molar refractivity (Wildman–Crippen MR) is 156 cm³/mol. The van der Waals surface area contributed by atoms with E-state index < -0.39 is 0 Å². The van der Waals surface area contributed by atoms with Crippen molar-refractivity contribution in [3.8, 4) is 23.0 Å². The topological polar surface area (TPSA) is 21.7 Å². The van der Waals surface area contributed by atoms with Crippen LogP contribution in [0.3, 0.4) is 0 Å². The largest absolute Gasteiger partial charge is 0.458 e. The maximum absolute atomic E-state index is 6.88. The first-order chi connectivity index (χ1) is 18.9. The van der Waals surface area contributed by atoms with E-state index in [1.54, 1.807) is 0 Å². The predicted octanol–water partition coefficient (Wildman–Crippen LogP) is 7.09. The van der Waals surface area contributed by atoms with Crippen molar-refractivity contribution in [2.45, 2.75) is 0 Å². The van der Waals surface area contributed by atoms with Crippen molar-refractivity contribution >= 4 is 72.5 Å². The van der Waals surface area contributed by atoms with Crippen LogP contribution in [0.1, 0.15) is 0 Å². The Labute approximate surface area is 218 Å². The van der Waals surface area contributed by atoms with Gasteiger partial charge in [-0.1, -0.05) is 66.7 Å². The molecule has 10 rings (SSSR count). The van der Waals surface area contributed by atoms with E-state index in [1.165, 1.54) is 48.9 Å². The number of nitrogens with zero attached hydrogens (tertiary/aromatic N) is 1. The Morgan fingerprint density at radius 3 is 2.00 bits per heavy atom. The Hall–Kier alpha value is -4.96. The number of fused-ring (bicyclic) bond motifs is 2. The Morgan fingerprint density at radius 2 is 1.18 bits per heavy atom. The molecule has 0 aliphatic carbocycles. The second-order valence-corrected chi connectivity index (χ2v) is 10.4. The van der Waals surface area contributed by atoms with Crippen molar-refractivity contribution in [3.05, 3.63) is 109 Å². The molecule has 3 aliphatic heterocycles. The number of rotatable bonds is 1. The summed E-state index contributed by atoms with van der Waals surface area (Å²) in [6, 6.07) is 38.9. The van der Waals surface area contributed by atoms with Gasteiger partial charge in [-0.3, -0.25) is 0 Å². The number of hydrogen-bond donors (Lipinski definition) is 0. The molecule has 0 spiro atoms. The first-order valence-electron chi connectivity index (χ1n) is 13.1. The van der Waals surface area contributed by atoms with Crippen molar-refractivity contribution < 1.29 is 9.47 Å². The number of benzene rings is 7. The van der Waals surface area contributed by atoms with E-state index in [4.69, 9.17) is 9.47 Å². The van der Waals surface area contributed by atoms with Gasteiger partial charge in [0.05, 0.1) is 5.69 Å². The molecule has 0 saturated carbocycles.